The molecule has 0 radical (unpaired) electrons. The number of aromatic amines is 1. The highest BCUT2D eigenvalue weighted by Gasteiger charge is 2.30. The maximum absolute atomic E-state index is 13.7. The highest BCUT2D eigenvalue weighted by atomic mass is 19.1. The maximum atomic E-state index is 13.7. The van der Waals surface area contributed by atoms with Gasteiger partial charge in [-0.25, -0.2) is 9.07 Å². The molecule has 9 heteroatoms. The van der Waals surface area contributed by atoms with Crippen molar-refractivity contribution in [1.82, 2.24) is 30.1 Å². The van der Waals surface area contributed by atoms with Crippen LogP contribution in [0.15, 0.2) is 83.7 Å². The Morgan fingerprint density at radius 3 is 2.59 bits per heavy atom. The van der Waals surface area contributed by atoms with Crippen LogP contribution in [0.2, 0.25) is 0 Å². The number of methoxy groups -OCH3 is 1. The van der Waals surface area contributed by atoms with Crippen molar-refractivity contribution in [3.05, 3.63) is 123 Å². The van der Waals surface area contributed by atoms with Gasteiger partial charge in [0, 0.05) is 25.8 Å². The molecule has 0 bridgehead atoms. The highest BCUT2D eigenvalue weighted by molar-refractivity contribution is 5.82. The molecule has 0 spiro atoms. The summed E-state index contributed by atoms with van der Waals surface area (Å²) in [6.07, 6.45) is 0.739. The number of nitrogens with one attached hydrogen (secondary N) is 1. The van der Waals surface area contributed by atoms with Gasteiger partial charge in [-0.05, 0) is 64.0 Å². The van der Waals surface area contributed by atoms with Gasteiger partial charge in [0.2, 0.25) is 0 Å². The molecule has 5 rings (SSSR count). The Morgan fingerprint density at radius 2 is 1.82 bits per heavy atom. The second kappa shape index (κ2) is 12.1. The van der Waals surface area contributed by atoms with Gasteiger partial charge in [-0.15, -0.1) is 5.10 Å². The summed E-state index contributed by atoms with van der Waals surface area (Å²) in [6, 6.07) is 23.9. The Labute approximate surface area is 226 Å². The lowest BCUT2D eigenvalue weighted by Gasteiger charge is -2.31. The van der Waals surface area contributed by atoms with Crippen molar-refractivity contribution in [2.75, 3.05) is 20.3 Å². The summed E-state index contributed by atoms with van der Waals surface area (Å²) in [7, 11) is 1.62. The van der Waals surface area contributed by atoms with Crippen LogP contribution in [-0.2, 0) is 24.2 Å². The molecule has 3 aromatic carbocycles. The first-order valence-electron chi connectivity index (χ1n) is 12.9. The molecule has 1 N–H and O–H groups in total. The highest BCUT2D eigenvalue weighted by Crippen LogP contribution is 2.29. The first-order valence-corrected chi connectivity index (χ1v) is 12.9. The van der Waals surface area contributed by atoms with E-state index >= 15 is 0 Å². The SMILES string of the molecule is COCCn1nnnc1C(c1cc2cccc(C)c2[nH]c1=O)N(CCc1ccccc1)Cc1ccc(F)cc1. The number of hydrogen-bond donors (Lipinski definition) is 1. The molecular formula is C30H31FN6O2. The van der Waals surface area contributed by atoms with Gasteiger partial charge in [-0.1, -0.05) is 60.7 Å². The molecule has 0 fully saturated rings. The number of benzene rings is 3. The molecule has 0 aliphatic rings. The summed E-state index contributed by atoms with van der Waals surface area (Å²) in [5.74, 6) is 0.246. The number of hydrogen-bond acceptors (Lipinski definition) is 6. The Balaban J connectivity index is 1.64. The molecule has 39 heavy (non-hydrogen) atoms. The van der Waals surface area contributed by atoms with E-state index in [1.165, 1.54) is 17.7 Å². The standard InChI is InChI=1S/C30H31FN6O2/c1-21-7-6-10-24-19-26(30(38)32-27(21)24)28(29-33-34-35-37(29)17-18-39-2)36(16-15-22-8-4-3-5-9-22)20-23-11-13-25(31)14-12-23/h3-14,19,28H,15-18,20H2,1-2H3,(H,32,38). The Morgan fingerprint density at radius 1 is 1.03 bits per heavy atom. The van der Waals surface area contributed by atoms with E-state index in [0.29, 0.717) is 37.6 Å². The summed E-state index contributed by atoms with van der Waals surface area (Å²) in [4.78, 5) is 19.0. The second-order valence-electron chi connectivity index (χ2n) is 9.58. The molecule has 2 heterocycles. The normalized spacial score (nSPS) is 12.3. The zero-order chi connectivity index (χ0) is 27.2. The number of H-pyrrole nitrogens is 1. The molecule has 2 aromatic heterocycles. The van der Waals surface area contributed by atoms with Gasteiger partial charge in [-0.2, -0.15) is 0 Å². The lowest BCUT2D eigenvalue weighted by Crippen LogP contribution is -2.36. The molecule has 0 saturated carbocycles. The molecular weight excluding hydrogens is 495 g/mol. The Hall–Kier alpha value is -4.21. The van der Waals surface area contributed by atoms with Gasteiger partial charge in [0.1, 0.15) is 11.9 Å². The predicted octanol–water partition coefficient (Wildman–Crippen LogP) is 4.44. The third-order valence-corrected chi connectivity index (χ3v) is 6.92. The van der Waals surface area contributed by atoms with E-state index in [1.54, 1.807) is 23.9 Å². The van der Waals surface area contributed by atoms with Crippen molar-refractivity contribution in [2.45, 2.75) is 32.5 Å². The topological polar surface area (TPSA) is 88.9 Å². The first-order chi connectivity index (χ1) is 19.0. The van der Waals surface area contributed by atoms with E-state index in [9.17, 15) is 9.18 Å². The number of ether oxygens (including phenoxy) is 1. The fraction of sp³-hybridized carbons (Fsp3) is 0.267. The van der Waals surface area contributed by atoms with Gasteiger partial charge in [0.25, 0.3) is 5.56 Å². The minimum atomic E-state index is -0.570. The third-order valence-electron chi connectivity index (χ3n) is 6.92. The van der Waals surface area contributed by atoms with E-state index in [-0.39, 0.29) is 11.4 Å². The van der Waals surface area contributed by atoms with Gasteiger partial charge in [-0.3, -0.25) is 9.69 Å². The number of aryl methyl sites for hydroxylation is 1. The second-order valence-corrected chi connectivity index (χ2v) is 9.58. The zero-order valence-corrected chi connectivity index (χ0v) is 22.0. The largest absolute Gasteiger partial charge is 0.383 e. The summed E-state index contributed by atoms with van der Waals surface area (Å²) < 4.78 is 20.7. The van der Waals surface area contributed by atoms with Crippen molar-refractivity contribution in [3.8, 4) is 0 Å². The predicted molar refractivity (Wildman–Crippen MR) is 148 cm³/mol. The van der Waals surface area contributed by atoms with E-state index < -0.39 is 6.04 Å². The lowest BCUT2D eigenvalue weighted by molar-refractivity contribution is 0.172. The van der Waals surface area contributed by atoms with Crippen LogP contribution < -0.4 is 5.56 Å². The van der Waals surface area contributed by atoms with Crippen LogP contribution in [0.5, 0.6) is 0 Å². The molecule has 0 saturated heterocycles. The van der Waals surface area contributed by atoms with Gasteiger partial charge in [0.05, 0.1) is 18.7 Å². The third kappa shape index (κ3) is 6.10. The van der Waals surface area contributed by atoms with Crippen LogP contribution in [0.3, 0.4) is 0 Å². The van der Waals surface area contributed by atoms with E-state index in [1.807, 2.05) is 49.4 Å². The quantitative estimate of drug-likeness (QED) is 0.274. The molecule has 5 aromatic rings. The van der Waals surface area contributed by atoms with E-state index in [4.69, 9.17) is 4.74 Å². The fourth-order valence-electron chi connectivity index (χ4n) is 4.89. The Kier molecular flexibility index (Phi) is 8.19. The van der Waals surface area contributed by atoms with Crippen molar-refractivity contribution in [1.29, 1.82) is 0 Å². The minimum Gasteiger partial charge on any atom is -0.383 e. The molecule has 1 unspecified atom stereocenters. The number of fused-ring (bicyclic) bond motifs is 1. The van der Waals surface area contributed by atoms with Crippen molar-refractivity contribution in [2.24, 2.45) is 0 Å². The van der Waals surface area contributed by atoms with E-state index in [2.05, 4.69) is 37.5 Å². The first kappa shape index (κ1) is 26.4. The molecule has 0 aliphatic heterocycles. The van der Waals surface area contributed by atoms with Gasteiger partial charge < -0.3 is 9.72 Å². The number of aromatic nitrogens is 5. The van der Waals surface area contributed by atoms with E-state index in [0.717, 1.165) is 28.5 Å². The summed E-state index contributed by atoms with van der Waals surface area (Å²) in [5.41, 5.74) is 4.22. The minimum absolute atomic E-state index is 0.202. The number of halogens is 1. The monoisotopic (exact) mass is 526 g/mol. The maximum Gasteiger partial charge on any atom is 0.253 e. The molecule has 8 nitrogen and oxygen atoms in total. The molecule has 1 atom stereocenters. The van der Waals surface area contributed by atoms with Crippen LogP contribution in [0.25, 0.3) is 10.9 Å². The number of pyridine rings is 1. The zero-order valence-electron chi connectivity index (χ0n) is 22.0. The number of nitrogens with zero attached hydrogens (tertiary/aromatic N) is 5. The lowest BCUT2D eigenvalue weighted by atomic mass is 10.0. The van der Waals surface area contributed by atoms with Crippen LogP contribution in [0, 0.1) is 12.7 Å². The summed E-state index contributed by atoms with van der Waals surface area (Å²) in [5, 5.41) is 13.5. The fourth-order valence-corrected chi connectivity index (χ4v) is 4.89. The molecule has 0 aliphatic carbocycles. The van der Waals surface area contributed by atoms with Crippen LogP contribution in [-0.4, -0.2) is 50.4 Å². The number of rotatable bonds is 11. The molecule has 0 amide bonds. The molecule has 200 valence electrons. The van der Waals surface area contributed by atoms with Crippen LogP contribution >= 0.6 is 0 Å². The average molecular weight is 527 g/mol. The average Bonchev–Trinajstić information content (AvgIpc) is 3.41. The Bertz CT molecular complexity index is 1580. The number of tetrazole rings is 1. The smallest absolute Gasteiger partial charge is 0.253 e. The van der Waals surface area contributed by atoms with Crippen LogP contribution in [0.1, 0.15) is 34.1 Å². The number of para-hydroxylation sites is 1. The van der Waals surface area contributed by atoms with Crippen molar-refractivity contribution < 1.29 is 9.13 Å². The summed E-state index contributed by atoms with van der Waals surface area (Å²) >= 11 is 0. The van der Waals surface area contributed by atoms with Crippen molar-refractivity contribution in [3.63, 3.8) is 0 Å². The van der Waals surface area contributed by atoms with Crippen molar-refractivity contribution >= 4 is 10.9 Å². The van der Waals surface area contributed by atoms with Crippen LogP contribution in [0.4, 0.5) is 4.39 Å². The summed E-state index contributed by atoms with van der Waals surface area (Å²) in [6.45, 7) is 3.89. The van der Waals surface area contributed by atoms with Gasteiger partial charge >= 0.3 is 0 Å². The van der Waals surface area contributed by atoms with Gasteiger partial charge in [0.15, 0.2) is 5.82 Å².